The first-order valence-corrected chi connectivity index (χ1v) is 5.52. The minimum atomic E-state index is 0.502. The predicted octanol–water partition coefficient (Wildman–Crippen LogP) is 3.01. The topological polar surface area (TPSA) is 12.0 Å². The Bertz CT molecular complexity index is 308. The van der Waals surface area contributed by atoms with E-state index in [1.54, 1.807) is 0 Å². The zero-order chi connectivity index (χ0) is 11.3. The Labute approximate surface area is 93.2 Å². The van der Waals surface area contributed by atoms with Crippen LogP contribution < -0.4 is 5.32 Å². The monoisotopic (exact) mass is 203 g/mol. The Morgan fingerprint density at radius 3 is 2.40 bits per heavy atom. The van der Waals surface area contributed by atoms with Crippen LogP contribution in [0, 0.1) is 13.8 Å². The highest BCUT2D eigenvalue weighted by molar-refractivity contribution is 5.34. The molecule has 0 aliphatic heterocycles. The summed E-state index contributed by atoms with van der Waals surface area (Å²) in [6.45, 7) is 8.16. The zero-order valence-electron chi connectivity index (χ0n) is 10.0. The molecule has 1 rings (SSSR count). The molecular formula is C14H21N. The highest BCUT2D eigenvalue weighted by atomic mass is 14.9. The lowest BCUT2D eigenvalue weighted by Gasteiger charge is -2.17. The van der Waals surface area contributed by atoms with Crippen LogP contribution in [0.4, 0.5) is 0 Å². The normalized spacial score (nSPS) is 12.5. The van der Waals surface area contributed by atoms with Gasteiger partial charge in [0.15, 0.2) is 0 Å². The van der Waals surface area contributed by atoms with E-state index in [2.05, 4.69) is 43.9 Å². The van der Waals surface area contributed by atoms with E-state index in [1.165, 1.54) is 16.7 Å². The maximum Gasteiger partial charge on any atom is 0.0139 e. The van der Waals surface area contributed by atoms with Gasteiger partial charge in [-0.15, -0.1) is 6.58 Å². The molecule has 1 N–H and O–H groups in total. The van der Waals surface area contributed by atoms with E-state index in [0.717, 1.165) is 12.8 Å². The molecule has 1 aromatic carbocycles. The van der Waals surface area contributed by atoms with Crippen LogP contribution in [-0.2, 0) is 6.42 Å². The summed E-state index contributed by atoms with van der Waals surface area (Å²) in [5.74, 6) is 0. The Morgan fingerprint density at radius 1 is 1.33 bits per heavy atom. The van der Waals surface area contributed by atoms with Gasteiger partial charge in [-0.3, -0.25) is 0 Å². The van der Waals surface area contributed by atoms with E-state index in [4.69, 9.17) is 0 Å². The van der Waals surface area contributed by atoms with Gasteiger partial charge in [0.25, 0.3) is 0 Å². The molecule has 0 aliphatic carbocycles. The van der Waals surface area contributed by atoms with E-state index < -0.39 is 0 Å². The van der Waals surface area contributed by atoms with Crippen LogP contribution in [-0.4, -0.2) is 13.1 Å². The summed E-state index contributed by atoms with van der Waals surface area (Å²) in [5.41, 5.74) is 4.25. The van der Waals surface area contributed by atoms with Crippen LogP contribution in [0.3, 0.4) is 0 Å². The molecule has 1 atom stereocenters. The number of benzene rings is 1. The second-order valence-corrected chi connectivity index (χ2v) is 4.08. The highest BCUT2D eigenvalue weighted by Crippen LogP contribution is 2.16. The molecule has 0 heterocycles. The maximum absolute atomic E-state index is 3.79. The molecule has 0 radical (unpaired) electrons. The van der Waals surface area contributed by atoms with E-state index in [-0.39, 0.29) is 0 Å². The van der Waals surface area contributed by atoms with Crippen molar-refractivity contribution >= 4 is 0 Å². The molecule has 0 amide bonds. The molecule has 0 fully saturated rings. The van der Waals surface area contributed by atoms with Crippen molar-refractivity contribution < 1.29 is 0 Å². The number of likely N-dealkylation sites (N-methyl/N-ethyl adjacent to an activating group) is 1. The largest absolute Gasteiger partial charge is 0.316 e. The molecule has 0 aliphatic rings. The van der Waals surface area contributed by atoms with Gasteiger partial charge in [0, 0.05) is 6.04 Å². The minimum Gasteiger partial charge on any atom is -0.316 e. The Balaban J connectivity index is 2.82. The van der Waals surface area contributed by atoms with Crippen LogP contribution in [0.25, 0.3) is 0 Å². The summed E-state index contributed by atoms with van der Waals surface area (Å²) in [5, 5.41) is 3.33. The minimum absolute atomic E-state index is 0.502. The van der Waals surface area contributed by atoms with Crippen molar-refractivity contribution in [2.75, 3.05) is 7.05 Å². The molecule has 1 aromatic rings. The summed E-state index contributed by atoms with van der Waals surface area (Å²) in [4.78, 5) is 0. The molecule has 0 saturated heterocycles. The van der Waals surface area contributed by atoms with E-state index >= 15 is 0 Å². The summed E-state index contributed by atoms with van der Waals surface area (Å²) in [7, 11) is 2.02. The third-order valence-electron chi connectivity index (χ3n) is 2.95. The van der Waals surface area contributed by atoms with Gasteiger partial charge in [0.2, 0.25) is 0 Å². The molecule has 0 spiro atoms. The molecule has 15 heavy (non-hydrogen) atoms. The summed E-state index contributed by atoms with van der Waals surface area (Å²) in [6.07, 6.45) is 4.08. The Morgan fingerprint density at radius 2 is 1.93 bits per heavy atom. The van der Waals surface area contributed by atoms with E-state index in [0.29, 0.717) is 6.04 Å². The second kappa shape index (κ2) is 5.72. The SMILES string of the molecule is C=CCC(Cc1c(C)cccc1C)NC. The van der Waals surface area contributed by atoms with Crippen molar-refractivity contribution in [1.29, 1.82) is 0 Å². The highest BCUT2D eigenvalue weighted by Gasteiger charge is 2.08. The first kappa shape index (κ1) is 12.0. The summed E-state index contributed by atoms with van der Waals surface area (Å²) >= 11 is 0. The molecular weight excluding hydrogens is 182 g/mol. The van der Waals surface area contributed by atoms with Gasteiger partial charge in [-0.05, 0) is 50.4 Å². The van der Waals surface area contributed by atoms with Gasteiger partial charge in [0.1, 0.15) is 0 Å². The quantitative estimate of drug-likeness (QED) is 0.725. The van der Waals surface area contributed by atoms with Crippen molar-refractivity contribution in [3.05, 3.63) is 47.5 Å². The molecule has 0 aromatic heterocycles. The maximum atomic E-state index is 3.79. The fourth-order valence-electron chi connectivity index (χ4n) is 1.92. The number of hydrogen-bond acceptors (Lipinski definition) is 1. The molecule has 1 unspecified atom stereocenters. The summed E-state index contributed by atoms with van der Waals surface area (Å²) < 4.78 is 0. The average molecular weight is 203 g/mol. The van der Waals surface area contributed by atoms with E-state index in [1.807, 2.05) is 13.1 Å². The van der Waals surface area contributed by atoms with Gasteiger partial charge >= 0.3 is 0 Å². The van der Waals surface area contributed by atoms with Gasteiger partial charge in [-0.2, -0.15) is 0 Å². The standard InChI is InChI=1S/C14H21N/c1-5-7-13(15-4)10-14-11(2)8-6-9-12(14)3/h5-6,8-9,13,15H,1,7,10H2,2-4H3. The number of aryl methyl sites for hydroxylation is 2. The number of nitrogens with one attached hydrogen (secondary N) is 1. The average Bonchev–Trinajstić information content (AvgIpc) is 2.22. The fourth-order valence-corrected chi connectivity index (χ4v) is 1.92. The van der Waals surface area contributed by atoms with Crippen LogP contribution in [0.15, 0.2) is 30.9 Å². The van der Waals surface area contributed by atoms with Crippen LogP contribution in [0.5, 0.6) is 0 Å². The van der Waals surface area contributed by atoms with E-state index in [9.17, 15) is 0 Å². The molecule has 1 nitrogen and oxygen atoms in total. The Kier molecular flexibility index (Phi) is 4.57. The van der Waals surface area contributed by atoms with Gasteiger partial charge in [-0.1, -0.05) is 24.3 Å². The van der Waals surface area contributed by atoms with Crippen LogP contribution in [0.1, 0.15) is 23.1 Å². The third kappa shape index (κ3) is 3.21. The first-order valence-electron chi connectivity index (χ1n) is 5.52. The third-order valence-corrected chi connectivity index (χ3v) is 2.95. The molecule has 0 bridgehead atoms. The Hall–Kier alpha value is -1.08. The smallest absolute Gasteiger partial charge is 0.0139 e. The first-order chi connectivity index (χ1) is 7.19. The lowest BCUT2D eigenvalue weighted by Crippen LogP contribution is -2.27. The molecule has 0 saturated carbocycles. The predicted molar refractivity (Wildman–Crippen MR) is 67.3 cm³/mol. The van der Waals surface area contributed by atoms with Crippen LogP contribution >= 0.6 is 0 Å². The lowest BCUT2D eigenvalue weighted by molar-refractivity contribution is 0.564. The van der Waals surface area contributed by atoms with Gasteiger partial charge in [0.05, 0.1) is 0 Å². The van der Waals surface area contributed by atoms with Crippen molar-refractivity contribution in [1.82, 2.24) is 5.32 Å². The summed E-state index contributed by atoms with van der Waals surface area (Å²) in [6, 6.07) is 6.99. The molecule has 82 valence electrons. The van der Waals surface area contributed by atoms with Gasteiger partial charge in [-0.25, -0.2) is 0 Å². The second-order valence-electron chi connectivity index (χ2n) is 4.08. The molecule has 1 heteroatoms. The van der Waals surface area contributed by atoms with Crippen molar-refractivity contribution in [2.24, 2.45) is 0 Å². The lowest BCUT2D eigenvalue weighted by atomic mass is 9.95. The van der Waals surface area contributed by atoms with Crippen molar-refractivity contribution in [2.45, 2.75) is 32.7 Å². The van der Waals surface area contributed by atoms with Crippen molar-refractivity contribution in [3.8, 4) is 0 Å². The van der Waals surface area contributed by atoms with Crippen molar-refractivity contribution in [3.63, 3.8) is 0 Å². The van der Waals surface area contributed by atoms with Gasteiger partial charge < -0.3 is 5.32 Å². The fraction of sp³-hybridized carbons (Fsp3) is 0.429. The number of rotatable bonds is 5. The van der Waals surface area contributed by atoms with Crippen LogP contribution in [0.2, 0.25) is 0 Å². The zero-order valence-corrected chi connectivity index (χ0v) is 10.0. The number of hydrogen-bond donors (Lipinski definition) is 1.